The van der Waals surface area contributed by atoms with E-state index in [0.29, 0.717) is 23.5 Å². The molecule has 148 valence electrons. The first-order valence-electron chi connectivity index (χ1n) is 9.43. The van der Waals surface area contributed by atoms with Crippen LogP contribution in [0.25, 0.3) is 0 Å². The summed E-state index contributed by atoms with van der Waals surface area (Å²) in [7, 11) is 0. The molecule has 0 unspecified atom stereocenters. The molecule has 0 fully saturated rings. The van der Waals surface area contributed by atoms with Crippen molar-refractivity contribution in [2.75, 3.05) is 17.2 Å². The van der Waals surface area contributed by atoms with Crippen molar-refractivity contribution < 1.29 is 14.3 Å². The van der Waals surface area contributed by atoms with Gasteiger partial charge in [-0.05, 0) is 55.3 Å². The Balaban J connectivity index is 1.48. The fourth-order valence-corrected chi connectivity index (χ4v) is 2.92. The fourth-order valence-electron chi connectivity index (χ4n) is 2.92. The first-order chi connectivity index (χ1) is 14.0. The number of aryl methyl sites for hydroxylation is 2. The Morgan fingerprint density at radius 2 is 1.41 bits per heavy atom. The van der Waals surface area contributed by atoms with E-state index in [9.17, 15) is 9.59 Å². The van der Waals surface area contributed by atoms with Crippen LogP contribution < -0.4 is 15.4 Å². The van der Waals surface area contributed by atoms with E-state index >= 15 is 0 Å². The van der Waals surface area contributed by atoms with Crippen LogP contribution in [0.5, 0.6) is 5.75 Å². The summed E-state index contributed by atoms with van der Waals surface area (Å²) < 4.78 is 5.59. The third kappa shape index (κ3) is 6.21. The number of benzene rings is 3. The second kappa shape index (κ2) is 9.55. The van der Waals surface area contributed by atoms with Gasteiger partial charge >= 0.3 is 0 Å². The maximum Gasteiger partial charge on any atom is 0.262 e. The smallest absolute Gasteiger partial charge is 0.262 e. The maximum atomic E-state index is 12.1. The zero-order chi connectivity index (χ0) is 20.6. The highest BCUT2D eigenvalue weighted by molar-refractivity contribution is 5.94. The molecular weight excluding hydrogens is 364 g/mol. The molecule has 0 radical (unpaired) electrons. The van der Waals surface area contributed by atoms with E-state index in [0.717, 1.165) is 16.7 Å². The van der Waals surface area contributed by atoms with Gasteiger partial charge in [-0.15, -0.1) is 0 Å². The molecular formula is C24H24N2O3. The highest BCUT2D eigenvalue weighted by atomic mass is 16.5. The lowest BCUT2D eigenvalue weighted by Crippen LogP contribution is -2.20. The van der Waals surface area contributed by atoms with E-state index in [1.54, 1.807) is 24.3 Å². The maximum absolute atomic E-state index is 12.1. The first kappa shape index (κ1) is 20.1. The summed E-state index contributed by atoms with van der Waals surface area (Å²) in [5.41, 5.74) is 4.41. The minimum atomic E-state index is -0.245. The number of carbonyl (C=O) groups is 2. The van der Waals surface area contributed by atoms with Crippen molar-refractivity contribution in [3.8, 4) is 5.75 Å². The van der Waals surface area contributed by atoms with Crippen LogP contribution in [-0.4, -0.2) is 18.4 Å². The Morgan fingerprint density at radius 3 is 2.03 bits per heavy atom. The summed E-state index contributed by atoms with van der Waals surface area (Å²) in [4.78, 5) is 24.2. The fraction of sp³-hybridized carbons (Fsp3) is 0.167. The van der Waals surface area contributed by atoms with Crippen molar-refractivity contribution in [3.05, 3.63) is 89.5 Å². The Labute approximate surface area is 170 Å². The number of hydrogen-bond donors (Lipinski definition) is 2. The lowest BCUT2D eigenvalue weighted by Gasteiger charge is -2.11. The summed E-state index contributed by atoms with van der Waals surface area (Å²) in [6.45, 7) is 3.89. The van der Waals surface area contributed by atoms with Crippen molar-refractivity contribution in [2.45, 2.75) is 20.3 Å². The minimum absolute atomic E-state index is 0.0700. The summed E-state index contributed by atoms with van der Waals surface area (Å²) in [6.07, 6.45) is 0.315. The van der Waals surface area contributed by atoms with Gasteiger partial charge in [-0.2, -0.15) is 0 Å². The molecule has 5 heteroatoms. The molecule has 29 heavy (non-hydrogen) atoms. The number of anilines is 2. The molecule has 0 bridgehead atoms. The van der Waals surface area contributed by atoms with Crippen molar-refractivity contribution in [3.63, 3.8) is 0 Å². The van der Waals surface area contributed by atoms with E-state index < -0.39 is 0 Å². The normalized spacial score (nSPS) is 10.3. The second-order valence-electron chi connectivity index (χ2n) is 6.89. The van der Waals surface area contributed by atoms with Gasteiger partial charge in [0, 0.05) is 11.4 Å². The Morgan fingerprint density at radius 1 is 0.793 bits per heavy atom. The molecule has 0 aromatic heterocycles. The lowest BCUT2D eigenvalue weighted by molar-refractivity contribution is -0.118. The van der Waals surface area contributed by atoms with Gasteiger partial charge in [0.05, 0.1) is 6.42 Å². The van der Waals surface area contributed by atoms with Gasteiger partial charge in [-0.3, -0.25) is 9.59 Å². The second-order valence-corrected chi connectivity index (χ2v) is 6.89. The predicted molar refractivity (Wildman–Crippen MR) is 115 cm³/mol. The number of ether oxygens (including phenoxy) is 1. The van der Waals surface area contributed by atoms with Crippen LogP contribution >= 0.6 is 0 Å². The van der Waals surface area contributed by atoms with Crippen LogP contribution in [0.15, 0.2) is 72.8 Å². The van der Waals surface area contributed by atoms with Gasteiger partial charge in [0.1, 0.15) is 5.75 Å². The Hall–Kier alpha value is -3.60. The zero-order valence-corrected chi connectivity index (χ0v) is 16.6. The zero-order valence-electron chi connectivity index (χ0n) is 16.6. The lowest BCUT2D eigenvalue weighted by atomic mass is 10.1. The molecule has 3 aromatic rings. The van der Waals surface area contributed by atoms with E-state index in [2.05, 4.69) is 10.6 Å². The predicted octanol–water partition coefficient (Wildman–Crippen LogP) is 4.50. The molecule has 0 aliphatic heterocycles. The van der Waals surface area contributed by atoms with Crippen LogP contribution in [0, 0.1) is 13.8 Å². The Bertz CT molecular complexity index is 983. The quantitative estimate of drug-likeness (QED) is 0.626. The van der Waals surface area contributed by atoms with Crippen LogP contribution in [0.1, 0.15) is 16.7 Å². The third-order valence-electron chi connectivity index (χ3n) is 4.35. The van der Waals surface area contributed by atoms with Crippen molar-refractivity contribution in [1.82, 2.24) is 0 Å². The van der Waals surface area contributed by atoms with Gasteiger partial charge in [0.2, 0.25) is 5.91 Å². The largest absolute Gasteiger partial charge is 0.483 e. The Kier molecular flexibility index (Phi) is 6.63. The number of carbonyl (C=O) groups excluding carboxylic acids is 2. The van der Waals surface area contributed by atoms with Crippen LogP contribution in [-0.2, 0) is 16.0 Å². The number of amides is 2. The summed E-state index contributed by atoms with van der Waals surface area (Å²) in [5.74, 6) is 0.364. The molecule has 0 heterocycles. The summed E-state index contributed by atoms with van der Waals surface area (Å²) in [6, 6.07) is 22.4. The van der Waals surface area contributed by atoms with Crippen molar-refractivity contribution in [2.24, 2.45) is 0 Å². The molecule has 2 amide bonds. The van der Waals surface area contributed by atoms with Gasteiger partial charge < -0.3 is 15.4 Å². The van der Waals surface area contributed by atoms with E-state index in [-0.39, 0.29) is 18.4 Å². The van der Waals surface area contributed by atoms with Crippen molar-refractivity contribution in [1.29, 1.82) is 0 Å². The van der Waals surface area contributed by atoms with Crippen LogP contribution in [0.4, 0.5) is 11.4 Å². The summed E-state index contributed by atoms with van der Waals surface area (Å²) >= 11 is 0. The molecule has 0 atom stereocenters. The molecule has 0 saturated carbocycles. The molecule has 2 N–H and O–H groups in total. The van der Waals surface area contributed by atoms with E-state index in [4.69, 9.17) is 4.74 Å². The minimum Gasteiger partial charge on any atom is -0.483 e. The number of nitrogens with one attached hydrogen (secondary N) is 2. The number of rotatable bonds is 7. The standard InChI is InChI=1S/C24H24N2O3/c1-17-8-13-22(18(2)14-17)29-16-24(28)26-21-11-9-20(10-12-21)25-23(27)15-19-6-4-3-5-7-19/h3-14H,15-16H2,1-2H3,(H,25,27)(H,26,28). The van der Waals surface area contributed by atoms with E-state index in [1.807, 2.05) is 62.4 Å². The average molecular weight is 388 g/mol. The highest BCUT2D eigenvalue weighted by Crippen LogP contribution is 2.19. The molecule has 0 aliphatic carbocycles. The van der Waals surface area contributed by atoms with Gasteiger partial charge in [0.15, 0.2) is 6.61 Å². The summed E-state index contributed by atoms with van der Waals surface area (Å²) in [5, 5.41) is 5.64. The molecule has 3 rings (SSSR count). The topological polar surface area (TPSA) is 67.4 Å². The molecule has 0 aliphatic rings. The average Bonchev–Trinajstić information content (AvgIpc) is 2.69. The van der Waals surface area contributed by atoms with Crippen LogP contribution in [0.2, 0.25) is 0 Å². The van der Waals surface area contributed by atoms with Crippen molar-refractivity contribution >= 4 is 23.2 Å². The molecule has 5 nitrogen and oxygen atoms in total. The highest BCUT2D eigenvalue weighted by Gasteiger charge is 2.07. The molecule has 3 aromatic carbocycles. The van der Waals surface area contributed by atoms with E-state index in [1.165, 1.54) is 0 Å². The number of hydrogen-bond acceptors (Lipinski definition) is 3. The third-order valence-corrected chi connectivity index (χ3v) is 4.35. The monoisotopic (exact) mass is 388 g/mol. The van der Waals surface area contributed by atoms with Gasteiger partial charge in [0.25, 0.3) is 5.91 Å². The van der Waals surface area contributed by atoms with Gasteiger partial charge in [-0.25, -0.2) is 0 Å². The first-order valence-corrected chi connectivity index (χ1v) is 9.43. The SMILES string of the molecule is Cc1ccc(OCC(=O)Nc2ccc(NC(=O)Cc3ccccc3)cc2)c(C)c1. The molecule has 0 saturated heterocycles. The molecule has 0 spiro atoms. The van der Waals surface area contributed by atoms with Crippen LogP contribution in [0.3, 0.4) is 0 Å². The van der Waals surface area contributed by atoms with Gasteiger partial charge in [-0.1, -0.05) is 48.0 Å².